The van der Waals surface area contributed by atoms with Crippen LogP contribution in [0.4, 0.5) is 4.39 Å². The summed E-state index contributed by atoms with van der Waals surface area (Å²) in [5.41, 5.74) is 4.55. The zero-order valence-electron chi connectivity index (χ0n) is 22.1. The van der Waals surface area contributed by atoms with Crippen LogP contribution in [0.15, 0.2) is 42.5 Å². The van der Waals surface area contributed by atoms with E-state index < -0.39 is 18.2 Å². The summed E-state index contributed by atoms with van der Waals surface area (Å²) in [5.74, 6) is -0.237. The van der Waals surface area contributed by atoms with Crippen molar-refractivity contribution < 1.29 is 23.8 Å². The highest BCUT2D eigenvalue weighted by Gasteiger charge is 2.28. The van der Waals surface area contributed by atoms with Gasteiger partial charge in [0.05, 0.1) is 25.4 Å². The van der Waals surface area contributed by atoms with E-state index in [4.69, 9.17) is 9.47 Å². The van der Waals surface area contributed by atoms with Gasteiger partial charge in [0.25, 0.3) is 0 Å². The first-order chi connectivity index (χ1) is 17.1. The highest BCUT2D eigenvalue weighted by molar-refractivity contribution is 5.87. The lowest BCUT2D eigenvalue weighted by Crippen LogP contribution is -2.45. The molecule has 3 rings (SSSR count). The smallest absolute Gasteiger partial charge is 0.330 e. The number of carbonyl (C=O) groups is 1. The number of hydrogen-bond acceptors (Lipinski definition) is 5. The number of carbonyl (C=O) groups excluding carboxylic acids is 1. The monoisotopic (exact) mass is 497 g/mol. The standard InChI is InChI=1S/C30H40FNO4/c1-6-35-29(34)14-12-26-20(2)28(31)13-11-27(26)21(3)36-19-25(33)18-32-30(4,5)17-22-15-23-9-7-8-10-24(23)16-22/h7-14,21-22,25,32-33H,6,15-19H2,1-5H3/b14-12+/t21-,25?/m1/s1. The van der Waals surface area contributed by atoms with Crippen LogP contribution in [-0.2, 0) is 27.1 Å². The number of hydrogen-bond donors (Lipinski definition) is 2. The summed E-state index contributed by atoms with van der Waals surface area (Å²) < 4.78 is 25.1. The zero-order valence-corrected chi connectivity index (χ0v) is 22.1. The molecule has 2 aromatic rings. The highest BCUT2D eigenvalue weighted by atomic mass is 19.1. The molecule has 1 aliphatic carbocycles. The molecule has 0 amide bonds. The molecular formula is C30H40FNO4. The van der Waals surface area contributed by atoms with Crippen molar-refractivity contribution in [1.29, 1.82) is 0 Å². The largest absolute Gasteiger partial charge is 0.463 e. The average Bonchev–Trinajstić information content (AvgIpc) is 3.23. The van der Waals surface area contributed by atoms with Gasteiger partial charge in [-0.15, -0.1) is 0 Å². The van der Waals surface area contributed by atoms with Crippen molar-refractivity contribution in [3.05, 3.63) is 76.1 Å². The maximum atomic E-state index is 14.2. The predicted molar refractivity (Wildman–Crippen MR) is 141 cm³/mol. The number of rotatable bonds is 12. The minimum atomic E-state index is -0.687. The van der Waals surface area contributed by atoms with E-state index in [0.29, 0.717) is 23.6 Å². The molecule has 6 heteroatoms. The van der Waals surface area contributed by atoms with E-state index in [1.165, 1.54) is 23.3 Å². The summed E-state index contributed by atoms with van der Waals surface area (Å²) in [4.78, 5) is 11.8. The van der Waals surface area contributed by atoms with Crippen molar-refractivity contribution in [2.24, 2.45) is 5.92 Å². The Labute approximate surface area is 214 Å². The Hall–Kier alpha value is -2.54. The van der Waals surface area contributed by atoms with Crippen molar-refractivity contribution in [2.75, 3.05) is 19.8 Å². The Balaban J connectivity index is 1.51. The minimum Gasteiger partial charge on any atom is -0.463 e. The summed E-state index contributed by atoms with van der Waals surface area (Å²) in [7, 11) is 0. The lowest BCUT2D eigenvalue weighted by molar-refractivity contribution is -0.137. The molecule has 0 saturated carbocycles. The van der Waals surface area contributed by atoms with Crippen LogP contribution in [0.3, 0.4) is 0 Å². The number of esters is 1. The van der Waals surface area contributed by atoms with Crippen molar-refractivity contribution >= 4 is 12.0 Å². The molecular weight excluding hydrogens is 457 g/mol. The number of fused-ring (bicyclic) bond motifs is 1. The molecule has 0 saturated heterocycles. The summed E-state index contributed by atoms with van der Waals surface area (Å²) in [5, 5.41) is 14.1. The van der Waals surface area contributed by atoms with Crippen LogP contribution in [-0.4, -0.2) is 42.5 Å². The number of aliphatic hydroxyl groups excluding tert-OH is 1. The molecule has 1 unspecified atom stereocenters. The van der Waals surface area contributed by atoms with Gasteiger partial charge in [-0.05, 0) is 99.8 Å². The van der Waals surface area contributed by atoms with Crippen LogP contribution in [0.1, 0.15) is 68.0 Å². The second-order valence-electron chi connectivity index (χ2n) is 10.4. The van der Waals surface area contributed by atoms with Crippen molar-refractivity contribution in [3.8, 4) is 0 Å². The van der Waals surface area contributed by atoms with Crippen LogP contribution in [0, 0.1) is 18.7 Å². The van der Waals surface area contributed by atoms with E-state index in [-0.39, 0.29) is 24.6 Å². The van der Waals surface area contributed by atoms with E-state index in [1.807, 2.05) is 6.92 Å². The van der Waals surface area contributed by atoms with Crippen molar-refractivity contribution in [1.82, 2.24) is 5.32 Å². The van der Waals surface area contributed by atoms with Crippen LogP contribution in [0.5, 0.6) is 0 Å². The zero-order chi connectivity index (χ0) is 26.3. The Kier molecular flexibility index (Phi) is 9.83. The fourth-order valence-electron chi connectivity index (χ4n) is 5.03. The second-order valence-corrected chi connectivity index (χ2v) is 10.4. The van der Waals surface area contributed by atoms with Gasteiger partial charge in [-0.2, -0.15) is 0 Å². The molecule has 0 spiro atoms. The fraction of sp³-hybridized carbons (Fsp3) is 0.500. The van der Waals surface area contributed by atoms with Gasteiger partial charge in [0.15, 0.2) is 0 Å². The van der Waals surface area contributed by atoms with Crippen LogP contribution >= 0.6 is 0 Å². The van der Waals surface area contributed by atoms with Gasteiger partial charge in [-0.3, -0.25) is 0 Å². The van der Waals surface area contributed by atoms with Gasteiger partial charge in [0.2, 0.25) is 0 Å². The van der Waals surface area contributed by atoms with E-state index in [2.05, 4.69) is 43.4 Å². The third-order valence-electron chi connectivity index (χ3n) is 6.88. The number of halogens is 1. The highest BCUT2D eigenvalue weighted by Crippen LogP contribution is 2.32. The van der Waals surface area contributed by atoms with E-state index >= 15 is 0 Å². The summed E-state index contributed by atoms with van der Waals surface area (Å²) in [6.07, 6.45) is 5.01. The molecule has 2 aromatic carbocycles. The molecule has 36 heavy (non-hydrogen) atoms. The molecule has 196 valence electrons. The Bertz CT molecular complexity index is 1040. The average molecular weight is 498 g/mol. The Morgan fingerprint density at radius 1 is 1.22 bits per heavy atom. The summed E-state index contributed by atoms with van der Waals surface area (Å²) in [6, 6.07) is 11.7. The molecule has 0 heterocycles. The van der Waals surface area contributed by atoms with E-state index in [1.54, 1.807) is 26.0 Å². The van der Waals surface area contributed by atoms with E-state index in [0.717, 1.165) is 24.8 Å². The third-order valence-corrected chi connectivity index (χ3v) is 6.88. The van der Waals surface area contributed by atoms with Crippen LogP contribution < -0.4 is 5.32 Å². The van der Waals surface area contributed by atoms with Crippen LogP contribution in [0.25, 0.3) is 6.08 Å². The van der Waals surface area contributed by atoms with Gasteiger partial charge >= 0.3 is 5.97 Å². The van der Waals surface area contributed by atoms with Crippen molar-refractivity contribution in [2.45, 2.75) is 71.6 Å². The minimum absolute atomic E-state index is 0.113. The molecule has 0 fully saturated rings. The quantitative estimate of drug-likeness (QED) is 0.307. The molecule has 5 nitrogen and oxygen atoms in total. The summed E-state index contributed by atoms with van der Waals surface area (Å²) in [6.45, 7) is 10.4. The van der Waals surface area contributed by atoms with Crippen LogP contribution in [0.2, 0.25) is 0 Å². The number of aliphatic hydroxyl groups is 1. The first kappa shape index (κ1) is 28.0. The van der Waals surface area contributed by atoms with E-state index in [9.17, 15) is 14.3 Å². The van der Waals surface area contributed by atoms with Gasteiger partial charge in [0.1, 0.15) is 5.82 Å². The van der Waals surface area contributed by atoms with Gasteiger partial charge < -0.3 is 19.9 Å². The molecule has 2 atom stereocenters. The van der Waals surface area contributed by atoms with Gasteiger partial charge in [-0.1, -0.05) is 30.3 Å². The number of ether oxygens (including phenoxy) is 2. The molecule has 0 bridgehead atoms. The topological polar surface area (TPSA) is 67.8 Å². The maximum Gasteiger partial charge on any atom is 0.330 e. The Morgan fingerprint density at radius 2 is 1.89 bits per heavy atom. The molecule has 1 aliphatic rings. The third kappa shape index (κ3) is 7.73. The first-order valence-corrected chi connectivity index (χ1v) is 12.8. The molecule has 0 aromatic heterocycles. The maximum absolute atomic E-state index is 14.2. The second kappa shape index (κ2) is 12.6. The SMILES string of the molecule is CCOC(=O)/C=C/c1c([C@@H](C)OCC(O)CNC(C)(C)CC2Cc3ccccc3C2)ccc(F)c1C. The normalized spacial score (nSPS) is 15.8. The molecule has 2 N–H and O–H groups in total. The van der Waals surface area contributed by atoms with Crippen molar-refractivity contribution in [3.63, 3.8) is 0 Å². The van der Waals surface area contributed by atoms with Gasteiger partial charge in [0, 0.05) is 18.2 Å². The molecule has 0 radical (unpaired) electrons. The predicted octanol–water partition coefficient (Wildman–Crippen LogP) is 5.32. The fourth-order valence-corrected chi connectivity index (χ4v) is 5.03. The Morgan fingerprint density at radius 3 is 2.53 bits per heavy atom. The first-order valence-electron chi connectivity index (χ1n) is 12.8. The number of benzene rings is 2. The number of nitrogens with one attached hydrogen (secondary N) is 1. The lowest BCUT2D eigenvalue weighted by atomic mass is 9.88. The lowest BCUT2D eigenvalue weighted by Gasteiger charge is -2.31. The summed E-state index contributed by atoms with van der Waals surface area (Å²) >= 11 is 0. The molecule has 0 aliphatic heterocycles. The van der Waals surface area contributed by atoms with Gasteiger partial charge in [-0.25, -0.2) is 9.18 Å². The number of β-amino-alcohol motifs (C(OH)–C–C–N with tert-alkyl or cyclic N) is 1.